The van der Waals surface area contributed by atoms with Gasteiger partial charge in [0.15, 0.2) is 0 Å². The van der Waals surface area contributed by atoms with Crippen LogP contribution in [0.5, 0.6) is 11.5 Å². The number of aromatic nitrogens is 2. The normalized spacial score (nSPS) is 14.3. The summed E-state index contributed by atoms with van der Waals surface area (Å²) in [5.74, 6) is -0.0916. The van der Waals surface area contributed by atoms with Crippen molar-refractivity contribution in [1.29, 1.82) is 0 Å². The predicted molar refractivity (Wildman–Crippen MR) is 104 cm³/mol. The summed E-state index contributed by atoms with van der Waals surface area (Å²) in [6.45, 7) is 0.725. The number of hydrogen-bond donors (Lipinski definition) is 2. The van der Waals surface area contributed by atoms with Crippen LogP contribution >= 0.6 is 0 Å². The van der Waals surface area contributed by atoms with Gasteiger partial charge in [0.1, 0.15) is 17.8 Å². The minimum absolute atomic E-state index is 0.0238. The van der Waals surface area contributed by atoms with E-state index in [1.807, 2.05) is 0 Å². The van der Waals surface area contributed by atoms with Crippen LogP contribution in [0.4, 0.5) is 23.0 Å². The van der Waals surface area contributed by atoms with Gasteiger partial charge in [-0.25, -0.2) is 9.97 Å². The van der Waals surface area contributed by atoms with E-state index in [0.717, 1.165) is 0 Å². The monoisotopic (exact) mass is 403 g/mol. The average molecular weight is 403 g/mol. The summed E-state index contributed by atoms with van der Waals surface area (Å²) >= 11 is 0. The minimum atomic E-state index is -0.851. The smallest absolute Gasteiger partial charge is 0.353 e. The van der Waals surface area contributed by atoms with Gasteiger partial charge in [-0.05, 0) is 12.8 Å². The molecule has 1 fully saturated rings. The SMILES string of the molecule is COc1cc(Nc2ncnc(N3CCC(C(=O)O)CC3)c2[N+](=O)[O-])cc(OC)c1. The van der Waals surface area contributed by atoms with Crippen LogP contribution in [-0.2, 0) is 4.79 Å². The van der Waals surface area contributed by atoms with E-state index in [-0.39, 0.29) is 17.3 Å². The van der Waals surface area contributed by atoms with Gasteiger partial charge >= 0.3 is 11.7 Å². The lowest BCUT2D eigenvalue weighted by Crippen LogP contribution is -2.37. The fourth-order valence-corrected chi connectivity index (χ4v) is 3.22. The molecule has 1 aliphatic rings. The van der Waals surface area contributed by atoms with E-state index >= 15 is 0 Å². The van der Waals surface area contributed by atoms with E-state index in [1.54, 1.807) is 23.1 Å². The molecular formula is C18H21N5O6. The summed E-state index contributed by atoms with van der Waals surface area (Å²) in [6.07, 6.45) is 2.03. The third kappa shape index (κ3) is 4.45. The number of carbonyl (C=O) groups is 1. The van der Waals surface area contributed by atoms with Crippen LogP contribution in [0.1, 0.15) is 12.8 Å². The highest BCUT2D eigenvalue weighted by Crippen LogP contribution is 2.36. The molecule has 2 heterocycles. The molecule has 0 radical (unpaired) electrons. The molecule has 2 aromatic rings. The molecule has 154 valence electrons. The van der Waals surface area contributed by atoms with Gasteiger partial charge in [-0.15, -0.1) is 0 Å². The van der Waals surface area contributed by atoms with Crippen molar-refractivity contribution >= 4 is 29.0 Å². The number of rotatable bonds is 7. The number of carboxylic acids is 1. The first kappa shape index (κ1) is 20.1. The molecule has 1 saturated heterocycles. The van der Waals surface area contributed by atoms with Crippen LogP contribution in [0, 0.1) is 16.0 Å². The summed E-state index contributed by atoms with van der Waals surface area (Å²) < 4.78 is 10.4. The Labute approximate surface area is 166 Å². The Kier molecular flexibility index (Phi) is 5.96. The average Bonchev–Trinajstić information content (AvgIpc) is 2.73. The Bertz CT molecular complexity index is 891. The molecule has 0 unspecified atom stereocenters. The van der Waals surface area contributed by atoms with Crippen molar-refractivity contribution in [1.82, 2.24) is 9.97 Å². The number of benzene rings is 1. The van der Waals surface area contributed by atoms with Crippen LogP contribution in [0.25, 0.3) is 0 Å². The van der Waals surface area contributed by atoms with Gasteiger partial charge < -0.3 is 24.8 Å². The highest BCUT2D eigenvalue weighted by atomic mass is 16.6. The van der Waals surface area contributed by atoms with Crippen LogP contribution in [0.3, 0.4) is 0 Å². The second-order valence-corrected chi connectivity index (χ2v) is 6.48. The number of ether oxygens (including phenoxy) is 2. The molecule has 11 nitrogen and oxygen atoms in total. The number of nitrogens with zero attached hydrogens (tertiary/aromatic N) is 4. The highest BCUT2D eigenvalue weighted by molar-refractivity contribution is 5.76. The molecule has 0 saturated carbocycles. The summed E-state index contributed by atoms with van der Waals surface area (Å²) in [5.41, 5.74) is 0.224. The fraction of sp³-hybridized carbons (Fsp3) is 0.389. The molecule has 11 heteroatoms. The lowest BCUT2D eigenvalue weighted by molar-refractivity contribution is -0.383. The summed E-state index contributed by atoms with van der Waals surface area (Å²) in [7, 11) is 3.01. The maximum absolute atomic E-state index is 11.8. The maximum atomic E-state index is 11.8. The summed E-state index contributed by atoms with van der Waals surface area (Å²) in [6, 6.07) is 5.00. The van der Waals surface area contributed by atoms with E-state index in [0.29, 0.717) is 43.1 Å². The van der Waals surface area contributed by atoms with Crippen molar-refractivity contribution in [2.75, 3.05) is 37.5 Å². The Hall–Kier alpha value is -3.63. The molecule has 0 amide bonds. The van der Waals surface area contributed by atoms with Gasteiger partial charge in [0, 0.05) is 37.0 Å². The largest absolute Gasteiger partial charge is 0.497 e. The summed E-state index contributed by atoms with van der Waals surface area (Å²) in [5, 5.41) is 23.9. The summed E-state index contributed by atoms with van der Waals surface area (Å²) in [4.78, 5) is 32.3. The van der Waals surface area contributed by atoms with Crippen LogP contribution in [0.2, 0.25) is 0 Å². The highest BCUT2D eigenvalue weighted by Gasteiger charge is 2.31. The number of nitro groups is 1. The molecular weight excluding hydrogens is 382 g/mol. The van der Waals surface area contributed by atoms with E-state index in [2.05, 4.69) is 15.3 Å². The van der Waals surface area contributed by atoms with E-state index in [9.17, 15) is 14.9 Å². The topological polar surface area (TPSA) is 140 Å². The number of piperidine rings is 1. The van der Waals surface area contributed by atoms with Crippen molar-refractivity contribution < 1.29 is 24.3 Å². The molecule has 29 heavy (non-hydrogen) atoms. The number of anilines is 3. The van der Waals surface area contributed by atoms with E-state index in [1.165, 1.54) is 20.5 Å². The van der Waals surface area contributed by atoms with Crippen LogP contribution in [-0.4, -0.2) is 53.3 Å². The zero-order chi connectivity index (χ0) is 21.0. The molecule has 0 spiro atoms. The molecule has 0 bridgehead atoms. The quantitative estimate of drug-likeness (QED) is 0.523. The van der Waals surface area contributed by atoms with Crippen LogP contribution < -0.4 is 19.7 Å². The number of hydrogen-bond acceptors (Lipinski definition) is 9. The second-order valence-electron chi connectivity index (χ2n) is 6.48. The van der Waals surface area contributed by atoms with Gasteiger partial charge in [0.25, 0.3) is 0 Å². The molecule has 1 aromatic heterocycles. The molecule has 0 atom stereocenters. The van der Waals surface area contributed by atoms with Gasteiger partial charge in [-0.2, -0.15) is 0 Å². The van der Waals surface area contributed by atoms with Gasteiger partial charge in [0.05, 0.1) is 25.1 Å². The molecule has 2 N–H and O–H groups in total. The number of methoxy groups -OCH3 is 2. The van der Waals surface area contributed by atoms with Crippen LogP contribution in [0.15, 0.2) is 24.5 Å². The van der Waals surface area contributed by atoms with E-state index in [4.69, 9.17) is 14.6 Å². The second kappa shape index (κ2) is 8.59. The Morgan fingerprint density at radius 1 is 1.21 bits per heavy atom. The molecule has 0 aliphatic carbocycles. The van der Waals surface area contributed by atoms with Crippen molar-refractivity contribution in [3.63, 3.8) is 0 Å². The first-order valence-electron chi connectivity index (χ1n) is 8.90. The lowest BCUT2D eigenvalue weighted by atomic mass is 9.97. The third-order valence-electron chi connectivity index (χ3n) is 4.74. The maximum Gasteiger partial charge on any atom is 0.353 e. The first-order valence-corrected chi connectivity index (χ1v) is 8.90. The van der Waals surface area contributed by atoms with Crippen molar-refractivity contribution in [2.45, 2.75) is 12.8 Å². The zero-order valence-corrected chi connectivity index (χ0v) is 16.0. The number of aliphatic carboxylic acids is 1. The van der Waals surface area contributed by atoms with Gasteiger partial charge in [-0.3, -0.25) is 14.9 Å². The zero-order valence-electron chi connectivity index (χ0n) is 16.0. The van der Waals surface area contributed by atoms with Crippen molar-refractivity contribution in [2.24, 2.45) is 5.92 Å². The van der Waals surface area contributed by atoms with Gasteiger partial charge in [-0.1, -0.05) is 0 Å². The molecule has 1 aromatic carbocycles. The Morgan fingerprint density at radius 2 is 1.83 bits per heavy atom. The standard InChI is InChI=1S/C18H21N5O6/c1-28-13-7-12(8-14(9-13)29-2)21-16-15(23(26)27)17(20-10-19-16)22-5-3-11(4-6-22)18(24)25/h7-11H,3-6H2,1-2H3,(H,24,25)(H,19,20,21). The predicted octanol–water partition coefficient (Wildman–Crippen LogP) is 2.45. The first-order chi connectivity index (χ1) is 13.9. The third-order valence-corrected chi connectivity index (χ3v) is 4.74. The van der Waals surface area contributed by atoms with Crippen molar-refractivity contribution in [3.8, 4) is 11.5 Å². The van der Waals surface area contributed by atoms with Gasteiger partial charge in [0.2, 0.25) is 11.6 Å². The van der Waals surface area contributed by atoms with E-state index < -0.39 is 16.8 Å². The molecule has 3 rings (SSSR count). The Morgan fingerprint density at radius 3 is 2.34 bits per heavy atom. The number of carboxylic acid groups (broad SMARTS) is 1. The fourth-order valence-electron chi connectivity index (χ4n) is 3.22. The molecule has 1 aliphatic heterocycles. The van der Waals surface area contributed by atoms with Crippen molar-refractivity contribution in [3.05, 3.63) is 34.6 Å². The number of nitrogens with one attached hydrogen (secondary N) is 1. The Balaban J connectivity index is 1.92. The lowest BCUT2D eigenvalue weighted by Gasteiger charge is -2.30. The minimum Gasteiger partial charge on any atom is -0.497 e.